The molecule has 0 aliphatic heterocycles. The molecule has 0 saturated carbocycles. The Balaban J connectivity index is 1.82. The van der Waals surface area contributed by atoms with E-state index in [0.717, 1.165) is 53.7 Å². The first-order valence-corrected chi connectivity index (χ1v) is 8.91. The molecule has 142 valence electrons. The molecule has 2 aromatic heterocycles. The fourth-order valence-corrected chi connectivity index (χ4v) is 2.97. The molecule has 26 heavy (non-hydrogen) atoms. The van der Waals surface area contributed by atoms with Gasteiger partial charge in [-0.2, -0.15) is 5.10 Å². The SMILES string of the molecule is CN=C(NCCCn1nc(C)cc1C)NCc1ncc(C)c(OC)c1C. The van der Waals surface area contributed by atoms with Crippen molar-refractivity contribution in [1.82, 2.24) is 25.4 Å². The predicted octanol–water partition coefficient (Wildman–Crippen LogP) is 2.28. The van der Waals surface area contributed by atoms with E-state index in [1.54, 1.807) is 14.2 Å². The lowest BCUT2D eigenvalue weighted by atomic mass is 10.1. The minimum absolute atomic E-state index is 0.597. The van der Waals surface area contributed by atoms with E-state index < -0.39 is 0 Å². The van der Waals surface area contributed by atoms with E-state index in [1.165, 1.54) is 5.69 Å². The van der Waals surface area contributed by atoms with Gasteiger partial charge in [0.15, 0.2) is 5.96 Å². The van der Waals surface area contributed by atoms with Crippen molar-refractivity contribution < 1.29 is 4.74 Å². The lowest BCUT2D eigenvalue weighted by Gasteiger charge is -2.15. The average Bonchev–Trinajstić information content (AvgIpc) is 2.93. The van der Waals surface area contributed by atoms with Gasteiger partial charge in [0.05, 0.1) is 25.0 Å². The first kappa shape index (κ1) is 19.8. The highest BCUT2D eigenvalue weighted by Gasteiger charge is 2.10. The zero-order chi connectivity index (χ0) is 19.1. The number of pyridine rings is 1. The summed E-state index contributed by atoms with van der Waals surface area (Å²) in [4.78, 5) is 8.78. The minimum Gasteiger partial charge on any atom is -0.496 e. The summed E-state index contributed by atoms with van der Waals surface area (Å²) < 4.78 is 7.50. The molecule has 0 unspecified atom stereocenters. The molecular formula is C19H30N6O. The zero-order valence-corrected chi connectivity index (χ0v) is 16.7. The van der Waals surface area contributed by atoms with E-state index >= 15 is 0 Å². The molecule has 0 atom stereocenters. The first-order chi connectivity index (χ1) is 12.5. The molecule has 0 aliphatic rings. The molecule has 0 spiro atoms. The molecule has 0 saturated heterocycles. The smallest absolute Gasteiger partial charge is 0.191 e. The van der Waals surface area contributed by atoms with Gasteiger partial charge in [-0.25, -0.2) is 0 Å². The molecule has 7 nitrogen and oxygen atoms in total. The highest BCUT2D eigenvalue weighted by molar-refractivity contribution is 5.79. The van der Waals surface area contributed by atoms with Crippen LogP contribution in [0.25, 0.3) is 0 Å². The van der Waals surface area contributed by atoms with Crippen LogP contribution in [0.15, 0.2) is 17.3 Å². The number of aryl methyl sites for hydroxylation is 4. The second-order valence-corrected chi connectivity index (χ2v) is 6.40. The predicted molar refractivity (Wildman–Crippen MR) is 105 cm³/mol. The summed E-state index contributed by atoms with van der Waals surface area (Å²) in [5.41, 5.74) is 5.31. The van der Waals surface area contributed by atoms with Crippen LogP contribution in [0.1, 0.15) is 34.6 Å². The Labute approximate surface area is 155 Å². The van der Waals surface area contributed by atoms with Gasteiger partial charge in [-0.1, -0.05) is 0 Å². The van der Waals surface area contributed by atoms with E-state index in [1.807, 2.05) is 31.6 Å². The molecule has 2 aromatic rings. The van der Waals surface area contributed by atoms with E-state index in [2.05, 4.69) is 38.7 Å². The van der Waals surface area contributed by atoms with Gasteiger partial charge >= 0.3 is 0 Å². The number of guanidine groups is 1. The third-order valence-corrected chi connectivity index (χ3v) is 4.34. The number of hydrogen-bond acceptors (Lipinski definition) is 4. The Bertz CT molecular complexity index is 766. The van der Waals surface area contributed by atoms with Gasteiger partial charge in [-0.05, 0) is 40.2 Å². The third-order valence-electron chi connectivity index (χ3n) is 4.34. The van der Waals surface area contributed by atoms with Gasteiger partial charge in [0.25, 0.3) is 0 Å². The van der Waals surface area contributed by atoms with Gasteiger partial charge in [0.1, 0.15) is 5.75 Å². The number of nitrogens with one attached hydrogen (secondary N) is 2. The molecule has 0 radical (unpaired) electrons. The molecule has 0 amide bonds. The number of nitrogens with zero attached hydrogens (tertiary/aromatic N) is 4. The minimum atomic E-state index is 0.597. The van der Waals surface area contributed by atoms with Crippen molar-refractivity contribution in [2.24, 2.45) is 4.99 Å². The fraction of sp³-hybridized carbons (Fsp3) is 0.526. The van der Waals surface area contributed by atoms with E-state index in [9.17, 15) is 0 Å². The summed E-state index contributed by atoms with van der Waals surface area (Å²) in [6.45, 7) is 10.4. The van der Waals surface area contributed by atoms with Crippen molar-refractivity contribution in [2.75, 3.05) is 20.7 Å². The van der Waals surface area contributed by atoms with Crippen molar-refractivity contribution >= 4 is 5.96 Å². The van der Waals surface area contributed by atoms with Crippen molar-refractivity contribution in [1.29, 1.82) is 0 Å². The maximum Gasteiger partial charge on any atom is 0.191 e. The number of aliphatic imine (C=N–C) groups is 1. The van der Waals surface area contributed by atoms with Crippen molar-refractivity contribution in [3.8, 4) is 5.75 Å². The second-order valence-electron chi connectivity index (χ2n) is 6.40. The topological polar surface area (TPSA) is 76.4 Å². The summed E-state index contributed by atoms with van der Waals surface area (Å²) >= 11 is 0. The van der Waals surface area contributed by atoms with Gasteiger partial charge in [0.2, 0.25) is 0 Å². The van der Waals surface area contributed by atoms with Crippen LogP contribution in [0, 0.1) is 27.7 Å². The van der Waals surface area contributed by atoms with Crippen LogP contribution in [0.2, 0.25) is 0 Å². The normalized spacial score (nSPS) is 11.5. The zero-order valence-electron chi connectivity index (χ0n) is 16.7. The second kappa shape index (κ2) is 9.22. The van der Waals surface area contributed by atoms with Crippen LogP contribution in [-0.2, 0) is 13.1 Å². The van der Waals surface area contributed by atoms with Crippen molar-refractivity contribution in [3.63, 3.8) is 0 Å². The standard InChI is InChI=1S/C19H30N6O/c1-13-11-22-17(16(4)18(13)26-6)12-23-19(20-5)21-8-7-9-25-15(3)10-14(2)24-25/h10-11H,7-9,12H2,1-6H3,(H2,20,21,23). The lowest BCUT2D eigenvalue weighted by molar-refractivity contribution is 0.406. The quantitative estimate of drug-likeness (QED) is 0.451. The molecule has 0 aliphatic carbocycles. The highest BCUT2D eigenvalue weighted by Crippen LogP contribution is 2.23. The molecule has 7 heteroatoms. The van der Waals surface area contributed by atoms with E-state index in [0.29, 0.717) is 6.54 Å². The summed E-state index contributed by atoms with van der Waals surface area (Å²) in [5.74, 6) is 1.66. The van der Waals surface area contributed by atoms with Crippen LogP contribution in [-0.4, -0.2) is 41.4 Å². The summed E-state index contributed by atoms with van der Waals surface area (Å²) in [6, 6.07) is 2.10. The van der Waals surface area contributed by atoms with Crippen LogP contribution in [0.3, 0.4) is 0 Å². The molecule has 0 aromatic carbocycles. The van der Waals surface area contributed by atoms with Crippen molar-refractivity contribution in [2.45, 2.75) is 47.2 Å². The van der Waals surface area contributed by atoms with Gasteiger partial charge < -0.3 is 15.4 Å². The molecular weight excluding hydrogens is 328 g/mol. The molecule has 0 fully saturated rings. The number of aromatic nitrogens is 3. The Morgan fingerprint density at radius 1 is 1.23 bits per heavy atom. The Kier molecular flexibility index (Phi) is 7.00. The summed E-state index contributed by atoms with van der Waals surface area (Å²) in [7, 11) is 3.46. The van der Waals surface area contributed by atoms with Crippen LogP contribution in [0.4, 0.5) is 0 Å². The highest BCUT2D eigenvalue weighted by atomic mass is 16.5. The largest absolute Gasteiger partial charge is 0.496 e. The first-order valence-electron chi connectivity index (χ1n) is 8.91. The molecule has 2 rings (SSSR count). The third kappa shape index (κ3) is 4.97. The van der Waals surface area contributed by atoms with E-state index in [-0.39, 0.29) is 0 Å². The lowest BCUT2D eigenvalue weighted by Crippen LogP contribution is -2.38. The van der Waals surface area contributed by atoms with Gasteiger partial charge in [-0.15, -0.1) is 0 Å². The fourth-order valence-electron chi connectivity index (χ4n) is 2.97. The number of rotatable bonds is 7. The average molecular weight is 358 g/mol. The molecule has 2 heterocycles. The Morgan fingerprint density at radius 3 is 2.62 bits per heavy atom. The Hall–Kier alpha value is -2.57. The van der Waals surface area contributed by atoms with Crippen molar-refractivity contribution in [3.05, 3.63) is 40.5 Å². The maximum atomic E-state index is 5.46. The maximum absolute atomic E-state index is 5.46. The summed E-state index contributed by atoms with van der Waals surface area (Å²) in [5, 5.41) is 11.1. The Morgan fingerprint density at radius 2 is 2.00 bits per heavy atom. The van der Waals surface area contributed by atoms with Crippen LogP contribution >= 0.6 is 0 Å². The number of hydrogen-bond donors (Lipinski definition) is 2. The monoisotopic (exact) mass is 358 g/mol. The van der Waals surface area contributed by atoms with E-state index in [4.69, 9.17) is 4.74 Å². The van der Waals surface area contributed by atoms with Crippen LogP contribution in [0.5, 0.6) is 5.75 Å². The summed E-state index contributed by atoms with van der Waals surface area (Å²) in [6.07, 6.45) is 2.81. The van der Waals surface area contributed by atoms with Crippen LogP contribution < -0.4 is 15.4 Å². The molecule has 2 N–H and O–H groups in total. The van der Waals surface area contributed by atoms with Gasteiger partial charge in [0, 0.05) is 43.2 Å². The van der Waals surface area contributed by atoms with Gasteiger partial charge in [-0.3, -0.25) is 14.7 Å². The number of methoxy groups -OCH3 is 1. The number of ether oxygens (including phenoxy) is 1. The molecule has 0 bridgehead atoms.